The molecule has 12 heteroatoms. The number of nitrogens with zero attached hydrogens (tertiary/aromatic N) is 5. The highest BCUT2D eigenvalue weighted by molar-refractivity contribution is 6.11. The van der Waals surface area contributed by atoms with Crippen LogP contribution in [0.2, 0.25) is 0 Å². The van der Waals surface area contributed by atoms with Crippen molar-refractivity contribution >= 4 is 48.0 Å². The number of hydrogen-bond acceptors (Lipinski definition) is 8. The van der Waals surface area contributed by atoms with Crippen molar-refractivity contribution in [2.24, 2.45) is 16.9 Å². The summed E-state index contributed by atoms with van der Waals surface area (Å²) in [7, 11) is 0. The van der Waals surface area contributed by atoms with E-state index in [0.29, 0.717) is 42.4 Å². The van der Waals surface area contributed by atoms with E-state index in [0.717, 1.165) is 89.7 Å². The number of carbonyl (C=O) groups excluding carboxylic acids is 2. The van der Waals surface area contributed by atoms with Gasteiger partial charge in [0.2, 0.25) is 0 Å². The van der Waals surface area contributed by atoms with Crippen LogP contribution in [-0.4, -0.2) is 111 Å². The number of halogens is 2. The van der Waals surface area contributed by atoms with Crippen molar-refractivity contribution in [3.8, 4) is 11.5 Å². The van der Waals surface area contributed by atoms with Crippen LogP contribution in [0.4, 0.5) is 5.69 Å². The first-order valence-corrected chi connectivity index (χ1v) is 16.9. The molecule has 0 spiro atoms. The second-order valence-electron chi connectivity index (χ2n) is 12.3. The standard InChI is InChI=1S/C36H47N5O5.2ClH/c1-3-45-32-15-12-28(26-33(32)46-4-2)34-30-8-5-6-9-31(30)36(43)41(37-34)29-13-10-27(11-14-29)35(42)40-20-18-38(19-21-40)16-7-17-39-22-24-44-25-23-39;;/h5-6,10-15,26,30-31H,3-4,7-9,16-25H2,1-2H3;2*1H/t30-,31+;;/m0../s1. The molecule has 0 N–H and O–H groups in total. The van der Waals surface area contributed by atoms with Gasteiger partial charge in [0.15, 0.2) is 11.5 Å². The van der Waals surface area contributed by atoms with Crippen molar-refractivity contribution in [1.82, 2.24) is 14.7 Å². The van der Waals surface area contributed by atoms with Crippen molar-refractivity contribution in [3.63, 3.8) is 0 Å². The molecular weight excluding hydrogens is 653 g/mol. The fraction of sp³-hybridized carbons (Fsp3) is 0.528. The lowest BCUT2D eigenvalue weighted by Crippen LogP contribution is -2.49. The van der Waals surface area contributed by atoms with E-state index < -0.39 is 0 Å². The average molecular weight is 703 g/mol. The monoisotopic (exact) mass is 701 g/mol. The van der Waals surface area contributed by atoms with Gasteiger partial charge in [-0.2, -0.15) is 5.10 Å². The van der Waals surface area contributed by atoms with Gasteiger partial charge in [-0.05, 0) is 88.7 Å². The molecular formula is C36H49Cl2N5O5. The maximum atomic E-state index is 13.8. The number of amides is 2. The molecule has 48 heavy (non-hydrogen) atoms. The smallest absolute Gasteiger partial charge is 0.253 e. The lowest BCUT2D eigenvalue weighted by Gasteiger charge is -2.37. The summed E-state index contributed by atoms with van der Waals surface area (Å²) in [6.45, 7) is 14.1. The molecule has 3 aliphatic heterocycles. The Morgan fingerprint density at radius 1 is 0.812 bits per heavy atom. The van der Waals surface area contributed by atoms with E-state index in [2.05, 4.69) is 22.0 Å². The molecule has 1 aliphatic carbocycles. The van der Waals surface area contributed by atoms with Gasteiger partial charge in [-0.25, -0.2) is 5.01 Å². The Kier molecular flexibility index (Phi) is 14.1. The van der Waals surface area contributed by atoms with E-state index in [1.54, 1.807) is 0 Å². The Morgan fingerprint density at radius 3 is 2.10 bits per heavy atom. The molecule has 2 aromatic carbocycles. The van der Waals surface area contributed by atoms with E-state index >= 15 is 0 Å². The van der Waals surface area contributed by atoms with Crippen LogP contribution in [0.3, 0.4) is 0 Å². The number of piperazine rings is 1. The van der Waals surface area contributed by atoms with Crippen LogP contribution in [-0.2, 0) is 9.53 Å². The highest BCUT2D eigenvalue weighted by Crippen LogP contribution is 2.38. The molecule has 10 nitrogen and oxygen atoms in total. The molecule has 2 saturated heterocycles. The fourth-order valence-electron chi connectivity index (χ4n) is 6.89. The Morgan fingerprint density at radius 2 is 1.44 bits per heavy atom. The Hall–Kier alpha value is -3.15. The molecule has 2 aromatic rings. The third-order valence-electron chi connectivity index (χ3n) is 9.43. The van der Waals surface area contributed by atoms with Crippen LogP contribution in [0.1, 0.15) is 49.0 Å². The molecule has 0 unspecified atom stereocenters. The number of rotatable bonds is 11. The predicted octanol–water partition coefficient (Wildman–Crippen LogP) is 5.14. The summed E-state index contributed by atoms with van der Waals surface area (Å²) in [6, 6.07) is 13.2. The lowest BCUT2D eigenvalue weighted by atomic mass is 9.76. The summed E-state index contributed by atoms with van der Waals surface area (Å²) in [5.74, 6) is 1.17. The quantitative estimate of drug-likeness (QED) is 0.300. The summed E-state index contributed by atoms with van der Waals surface area (Å²) in [5.41, 5.74) is 3.07. The largest absolute Gasteiger partial charge is 0.490 e. The minimum atomic E-state index is -0.203. The first-order valence-electron chi connectivity index (χ1n) is 16.9. The molecule has 0 saturated carbocycles. The van der Waals surface area contributed by atoms with Gasteiger partial charge in [0.25, 0.3) is 11.8 Å². The number of carbonyl (C=O) groups is 2. The third kappa shape index (κ3) is 8.71. The molecule has 2 amide bonds. The zero-order chi connectivity index (χ0) is 31.9. The summed E-state index contributed by atoms with van der Waals surface area (Å²) in [6.07, 6.45) is 6.80. The van der Waals surface area contributed by atoms with E-state index in [4.69, 9.17) is 19.3 Å². The van der Waals surface area contributed by atoms with Gasteiger partial charge in [-0.1, -0.05) is 12.2 Å². The number of allylic oxidation sites excluding steroid dienone is 2. The van der Waals surface area contributed by atoms with E-state index in [9.17, 15) is 9.59 Å². The molecule has 3 heterocycles. The van der Waals surface area contributed by atoms with Gasteiger partial charge in [-0.15, -0.1) is 24.8 Å². The van der Waals surface area contributed by atoms with Gasteiger partial charge in [0.1, 0.15) is 0 Å². The second-order valence-corrected chi connectivity index (χ2v) is 12.3. The minimum Gasteiger partial charge on any atom is -0.490 e. The van der Waals surface area contributed by atoms with Crippen LogP contribution in [0.25, 0.3) is 0 Å². The predicted molar refractivity (Wildman–Crippen MR) is 193 cm³/mol. The van der Waals surface area contributed by atoms with Crippen LogP contribution in [0, 0.1) is 11.8 Å². The normalized spacial score (nSPS) is 21.5. The van der Waals surface area contributed by atoms with E-state index in [1.807, 2.05) is 61.2 Å². The Balaban J connectivity index is 0.00000260. The van der Waals surface area contributed by atoms with Crippen molar-refractivity contribution in [1.29, 1.82) is 0 Å². The molecule has 4 aliphatic rings. The zero-order valence-electron chi connectivity index (χ0n) is 28.1. The van der Waals surface area contributed by atoms with Gasteiger partial charge in [0, 0.05) is 56.3 Å². The zero-order valence-corrected chi connectivity index (χ0v) is 29.7. The van der Waals surface area contributed by atoms with Crippen molar-refractivity contribution in [3.05, 3.63) is 65.7 Å². The van der Waals surface area contributed by atoms with Gasteiger partial charge in [0.05, 0.1) is 43.7 Å². The summed E-state index contributed by atoms with van der Waals surface area (Å²) < 4.78 is 17.1. The maximum Gasteiger partial charge on any atom is 0.253 e. The van der Waals surface area contributed by atoms with Gasteiger partial charge < -0.3 is 19.1 Å². The number of ether oxygens (including phenoxy) is 3. The Bertz CT molecular complexity index is 1420. The number of morpholine rings is 1. The molecule has 2 fully saturated rings. The van der Waals surface area contributed by atoms with Gasteiger partial charge in [-0.3, -0.25) is 19.4 Å². The molecule has 2 atom stereocenters. The van der Waals surface area contributed by atoms with E-state index in [-0.39, 0.29) is 48.5 Å². The first kappa shape index (κ1) is 37.7. The number of fused-ring (bicyclic) bond motifs is 1. The summed E-state index contributed by atoms with van der Waals surface area (Å²) in [5, 5.41) is 6.48. The number of anilines is 1. The van der Waals surface area contributed by atoms with Crippen LogP contribution >= 0.6 is 24.8 Å². The summed E-state index contributed by atoms with van der Waals surface area (Å²) in [4.78, 5) is 34.0. The highest BCUT2D eigenvalue weighted by Gasteiger charge is 2.41. The highest BCUT2D eigenvalue weighted by atomic mass is 35.5. The SMILES string of the molecule is CCOc1ccc(C2=NN(c3ccc(C(=O)N4CCN(CCCN5CCOCC5)CC4)cc3)C(=O)[C@@H]3CC=CC[C@H]23)cc1OCC.Cl.Cl. The van der Waals surface area contributed by atoms with Crippen LogP contribution < -0.4 is 14.5 Å². The average Bonchev–Trinajstić information content (AvgIpc) is 3.10. The number of hydrazone groups is 1. The molecule has 0 bridgehead atoms. The number of hydrogen-bond donors (Lipinski definition) is 0. The van der Waals surface area contributed by atoms with E-state index in [1.165, 1.54) is 5.01 Å². The molecule has 262 valence electrons. The second kappa shape index (κ2) is 18.0. The Labute approximate surface area is 296 Å². The first-order chi connectivity index (χ1) is 22.6. The molecule has 0 radical (unpaired) electrons. The third-order valence-corrected chi connectivity index (χ3v) is 9.43. The van der Waals surface area contributed by atoms with Crippen molar-refractivity contribution in [2.75, 3.05) is 83.8 Å². The molecule has 6 rings (SSSR count). The van der Waals surface area contributed by atoms with Crippen LogP contribution in [0.15, 0.2) is 59.7 Å². The van der Waals surface area contributed by atoms with Crippen molar-refractivity contribution in [2.45, 2.75) is 33.1 Å². The van der Waals surface area contributed by atoms with Crippen molar-refractivity contribution < 1.29 is 23.8 Å². The topological polar surface area (TPSA) is 87.2 Å². The lowest BCUT2D eigenvalue weighted by molar-refractivity contribution is -0.123. The maximum absolute atomic E-state index is 13.8. The van der Waals surface area contributed by atoms with Gasteiger partial charge >= 0.3 is 0 Å². The van der Waals surface area contributed by atoms with Crippen LogP contribution in [0.5, 0.6) is 11.5 Å². The minimum absolute atomic E-state index is 0. The summed E-state index contributed by atoms with van der Waals surface area (Å²) >= 11 is 0. The fourth-order valence-corrected chi connectivity index (χ4v) is 6.89. The molecule has 0 aromatic heterocycles. The number of benzene rings is 2.